The van der Waals surface area contributed by atoms with Crippen molar-refractivity contribution in [3.8, 4) is 0 Å². The second-order valence-electron chi connectivity index (χ2n) is 4.62. The van der Waals surface area contributed by atoms with Gasteiger partial charge in [-0.25, -0.2) is 0 Å². The zero-order valence-corrected chi connectivity index (χ0v) is 11.3. The fourth-order valence-corrected chi connectivity index (χ4v) is 1.91. The van der Waals surface area contributed by atoms with E-state index in [1.807, 2.05) is 18.9 Å². The molecule has 2 rings (SSSR count). The van der Waals surface area contributed by atoms with Crippen LogP contribution in [0.1, 0.15) is 6.92 Å². The van der Waals surface area contributed by atoms with Gasteiger partial charge < -0.3 is 20.4 Å². The number of aromatic nitrogens is 1. The molecule has 1 unspecified atom stereocenters. The molecule has 6 heteroatoms. The zero-order chi connectivity index (χ0) is 14.0. The summed E-state index contributed by atoms with van der Waals surface area (Å²) in [4.78, 5) is 17.7. The van der Waals surface area contributed by atoms with E-state index < -0.39 is 0 Å². The highest BCUT2D eigenvalue weighted by molar-refractivity contribution is 5.79. The number of amides is 1. The van der Waals surface area contributed by atoms with Crippen molar-refractivity contribution < 1.29 is 9.21 Å². The molecular formula is C13H18N4O2. The predicted molar refractivity (Wildman–Crippen MR) is 74.9 cm³/mol. The van der Waals surface area contributed by atoms with Gasteiger partial charge in [-0.15, -0.1) is 0 Å². The van der Waals surface area contributed by atoms with Crippen molar-refractivity contribution in [2.24, 2.45) is 5.92 Å². The summed E-state index contributed by atoms with van der Waals surface area (Å²) in [6, 6.07) is 5.80. The van der Waals surface area contributed by atoms with Gasteiger partial charge >= 0.3 is 0 Å². The number of oxazole rings is 1. The number of nitrogens with zero attached hydrogens (tertiary/aromatic N) is 2. The number of carbonyl (C=O) groups excluding carboxylic acids is 1. The number of hydrogen-bond acceptors (Lipinski definition) is 5. The topological polar surface area (TPSA) is 84.4 Å². The van der Waals surface area contributed by atoms with E-state index in [1.165, 1.54) is 0 Å². The second-order valence-corrected chi connectivity index (χ2v) is 4.62. The molecule has 0 aliphatic heterocycles. The lowest BCUT2D eigenvalue weighted by Gasteiger charge is -2.18. The Balaban J connectivity index is 2.17. The average molecular weight is 262 g/mol. The van der Waals surface area contributed by atoms with Gasteiger partial charge in [-0.3, -0.25) is 4.79 Å². The molecule has 1 atom stereocenters. The van der Waals surface area contributed by atoms with Gasteiger partial charge in [-0.05, 0) is 18.2 Å². The van der Waals surface area contributed by atoms with Crippen LogP contribution in [-0.4, -0.2) is 31.5 Å². The first-order chi connectivity index (χ1) is 9.01. The van der Waals surface area contributed by atoms with E-state index in [1.54, 1.807) is 25.2 Å². The normalized spacial score (nSPS) is 12.4. The minimum atomic E-state index is -0.143. The Kier molecular flexibility index (Phi) is 3.59. The lowest BCUT2D eigenvalue weighted by Crippen LogP contribution is -2.34. The highest BCUT2D eigenvalue weighted by Gasteiger charge is 2.17. The minimum absolute atomic E-state index is 0.00722. The Morgan fingerprint density at radius 1 is 1.58 bits per heavy atom. The number of carbonyl (C=O) groups is 1. The third-order valence-corrected chi connectivity index (χ3v) is 2.97. The van der Waals surface area contributed by atoms with Crippen LogP contribution in [0.4, 0.5) is 11.7 Å². The van der Waals surface area contributed by atoms with Crippen molar-refractivity contribution >= 4 is 28.7 Å². The molecule has 1 aromatic heterocycles. The fourth-order valence-electron chi connectivity index (χ4n) is 1.91. The number of nitrogen functional groups attached to an aromatic ring is 1. The molecule has 0 radical (unpaired) electrons. The molecule has 1 heterocycles. The second kappa shape index (κ2) is 5.17. The number of fused-ring (bicyclic) bond motifs is 1. The maximum absolute atomic E-state index is 11.5. The zero-order valence-electron chi connectivity index (χ0n) is 11.3. The van der Waals surface area contributed by atoms with E-state index in [-0.39, 0.29) is 11.8 Å². The third kappa shape index (κ3) is 2.78. The molecule has 0 fully saturated rings. The van der Waals surface area contributed by atoms with E-state index in [9.17, 15) is 4.79 Å². The standard InChI is InChI=1S/C13H18N4O2/c1-8(12(18)15-2)7-17(3)13-16-10-6-9(14)4-5-11(10)19-13/h4-6,8H,7,14H2,1-3H3,(H,15,18). The van der Waals surface area contributed by atoms with Crippen LogP contribution in [0.5, 0.6) is 0 Å². The lowest BCUT2D eigenvalue weighted by molar-refractivity contribution is -0.123. The molecule has 19 heavy (non-hydrogen) atoms. The lowest BCUT2D eigenvalue weighted by atomic mass is 10.1. The van der Waals surface area contributed by atoms with Crippen LogP contribution in [0.25, 0.3) is 11.1 Å². The smallest absolute Gasteiger partial charge is 0.298 e. The van der Waals surface area contributed by atoms with Crippen molar-refractivity contribution in [1.29, 1.82) is 0 Å². The SMILES string of the molecule is CNC(=O)C(C)CN(C)c1nc2cc(N)ccc2o1. The van der Waals surface area contributed by atoms with Crippen molar-refractivity contribution in [2.45, 2.75) is 6.92 Å². The minimum Gasteiger partial charge on any atom is -0.423 e. The first kappa shape index (κ1) is 13.2. The summed E-state index contributed by atoms with van der Waals surface area (Å²) in [7, 11) is 3.47. The molecule has 1 aromatic carbocycles. The molecule has 0 aliphatic rings. The van der Waals surface area contributed by atoms with Crippen molar-refractivity contribution in [1.82, 2.24) is 10.3 Å². The molecule has 0 saturated carbocycles. The van der Waals surface area contributed by atoms with Gasteiger partial charge in [0.2, 0.25) is 5.91 Å². The molecule has 1 amide bonds. The highest BCUT2D eigenvalue weighted by atomic mass is 16.4. The van der Waals surface area contributed by atoms with E-state index in [0.29, 0.717) is 23.8 Å². The van der Waals surface area contributed by atoms with Crippen LogP contribution in [0, 0.1) is 5.92 Å². The summed E-state index contributed by atoms with van der Waals surface area (Å²) >= 11 is 0. The fraction of sp³-hybridized carbons (Fsp3) is 0.385. The van der Waals surface area contributed by atoms with Gasteiger partial charge in [0.25, 0.3) is 6.01 Å². The van der Waals surface area contributed by atoms with Gasteiger partial charge in [-0.2, -0.15) is 4.98 Å². The Morgan fingerprint density at radius 3 is 3.00 bits per heavy atom. The highest BCUT2D eigenvalue weighted by Crippen LogP contribution is 2.23. The number of nitrogens with two attached hydrogens (primary N) is 1. The van der Waals surface area contributed by atoms with Crippen LogP contribution in [0.3, 0.4) is 0 Å². The average Bonchev–Trinajstić information content (AvgIpc) is 2.80. The van der Waals surface area contributed by atoms with Crippen LogP contribution in [0.15, 0.2) is 22.6 Å². The molecule has 0 spiro atoms. The molecule has 2 aromatic rings. The number of nitrogens with one attached hydrogen (secondary N) is 1. The predicted octanol–water partition coefficient (Wildman–Crippen LogP) is 1.23. The van der Waals surface area contributed by atoms with E-state index in [4.69, 9.17) is 10.2 Å². The molecule has 6 nitrogen and oxygen atoms in total. The first-order valence-corrected chi connectivity index (χ1v) is 6.10. The summed E-state index contributed by atoms with van der Waals surface area (Å²) in [6.07, 6.45) is 0. The van der Waals surface area contributed by atoms with Gasteiger partial charge in [0.1, 0.15) is 5.52 Å². The van der Waals surface area contributed by atoms with Gasteiger partial charge in [0.15, 0.2) is 5.58 Å². The van der Waals surface area contributed by atoms with Gasteiger partial charge in [0.05, 0.1) is 5.92 Å². The molecule has 0 saturated heterocycles. The van der Waals surface area contributed by atoms with Crippen LogP contribution < -0.4 is 16.0 Å². The van der Waals surface area contributed by atoms with Crippen molar-refractivity contribution in [3.05, 3.63) is 18.2 Å². The van der Waals surface area contributed by atoms with E-state index in [0.717, 1.165) is 5.52 Å². The number of rotatable bonds is 4. The monoisotopic (exact) mass is 262 g/mol. The van der Waals surface area contributed by atoms with Crippen LogP contribution in [0.2, 0.25) is 0 Å². The maximum Gasteiger partial charge on any atom is 0.298 e. The summed E-state index contributed by atoms with van der Waals surface area (Å²) < 4.78 is 5.63. The van der Waals surface area contributed by atoms with Crippen LogP contribution >= 0.6 is 0 Å². The number of anilines is 2. The summed E-state index contributed by atoms with van der Waals surface area (Å²) in [5, 5.41) is 2.62. The summed E-state index contributed by atoms with van der Waals surface area (Å²) in [5.41, 5.74) is 7.75. The Morgan fingerprint density at radius 2 is 2.32 bits per heavy atom. The quantitative estimate of drug-likeness (QED) is 0.809. The van der Waals surface area contributed by atoms with E-state index in [2.05, 4.69) is 10.3 Å². The first-order valence-electron chi connectivity index (χ1n) is 6.10. The number of benzene rings is 1. The number of hydrogen-bond donors (Lipinski definition) is 2. The Bertz CT molecular complexity index is 593. The molecule has 102 valence electrons. The van der Waals surface area contributed by atoms with Crippen molar-refractivity contribution in [3.63, 3.8) is 0 Å². The summed E-state index contributed by atoms with van der Waals surface area (Å²) in [6.45, 7) is 2.39. The van der Waals surface area contributed by atoms with Crippen LogP contribution in [-0.2, 0) is 4.79 Å². The molecule has 0 aliphatic carbocycles. The maximum atomic E-state index is 11.5. The molecule has 3 N–H and O–H groups in total. The Hall–Kier alpha value is -2.24. The Labute approximate surface area is 111 Å². The molecule has 0 bridgehead atoms. The van der Waals surface area contributed by atoms with E-state index >= 15 is 0 Å². The van der Waals surface area contributed by atoms with Crippen molar-refractivity contribution in [2.75, 3.05) is 31.3 Å². The van der Waals surface area contributed by atoms with Gasteiger partial charge in [0, 0.05) is 26.3 Å². The molecular weight excluding hydrogens is 244 g/mol. The summed E-state index contributed by atoms with van der Waals surface area (Å²) in [5.74, 6) is -0.151. The third-order valence-electron chi connectivity index (χ3n) is 2.97. The largest absolute Gasteiger partial charge is 0.423 e. The van der Waals surface area contributed by atoms with Gasteiger partial charge in [-0.1, -0.05) is 6.92 Å².